The lowest BCUT2D eigenvalue weighted by atomic mass is 10.0. The monoisotopic (exact) mass is 466 g/mol. The fourth-order valence-electron chi connectivity index (χ4n) is 3.17. The molecule has 1 amide bonds. The predicted octanol–water partition coefficient (Wildman–Crippen LogP) is 3.17. The number of amides is 1. The number of ether oxygens (including phenoxy) is 3. The highest BCUT2D eigenvalue weighted by molar-refractivity contribution is 9.10. The number of morpholine rings is 1. The second-order valence-electron chi connectivity index (χ2n) is 6.60. The minimum Gasteiger partial charge on any atom is -0.497 e. The molecule has 1 fully saturated rings. The Morgan fingerprint density at radius 2 is 1.97 bits per heavy atom. The minimum atomic E-state index is -0.517. The Hall–Kier alpha value is -2.16. The van der Waals surface area contributed by atoms with Crippen molar-refractivity contribution >= 4 is 21.8 Å². The van der Waals surface area contributed by atoms with Crippen LogP contribution >= 0.6 is 15.9 Å². The van der Waals surface area contributed by atoms with Crippen LogP contribution in [0.4, 0.5) is 4.39 Å². The lowest BCUT2D eigenvalue weighted by Crippen LogP contribution is -2.44. The number of methoxy groups -OCH3 is 1. The van der Waals surface area contributed by atoms with Gasteiger partial charge in [0.2, 0.25) is 0 Å². The van der Waals surface area contributed by atoms with Gasteiger partial charge in [-0.1, -0.05) is 28.1 Å². The molecule has 1 aliphatic heterocycles. The van der Waals surface area contributed by atoms with Crippen LogP contribution in [0.15, 0.2) is 46.9 Å². The van der Waals surface area contributed by atoms with E-state index in [2.05, 4.69) is 26.1 Å². The quantitative estimate of drug-likeness (QED) is 0.647. The third-order valence-corrected chi connectivity index (χ3v) is 5.23. The van der Waals surface area contributed by atoms with Crippen molar-refractivity contribution in [2.45, 2.75) is 6.04 Å². The number of halogens is 2. The smallest absolute Gasteiger partial charge is 0.258 e. The van der Waals surface area contributed by atoms with Crippen LogP contribution in [-0.4, -0.2) is 57.4 Å². The second-order valence-corrected chi connectivity index (χ2v) is 7.52. The number of carbonyl (C=O) groups excluding carboxylic acids is 1. The number of hydrogen-bond donors (Lipinski definition) is 1. The maximum atomic E-state index is 13.8. The molecule has 8 heteroatoms. The number of nitrogens with one attached hydrogen (secondary N) is 1. The van der Waals surface area contributed by atoms with E-state index in [9.17, 15) is 9.18 Å². The summed E-state index contributed by atoms with van der Waals surface area (Å²) >= 11 is 3.19. The third-order valence-electron chi connectivity index (χ3n) is 4.73. The maximum Gasteiger partial charge on any atom is 0.258 e. The Morgan fingerprint density at radius 1 is 1.24 bits per heavy atom. The van der Waals surface area contributed by atoms with Gasteiger partial charge in [-0.3, -0.25) is 9.69 Å². The molecule has 29 heavy (non-hydrogen) atoms. The highest BCUT2D eigenvalue weighted by Crippen LogP contribution is 2.24. The molecule has 0 aliphatic carbocycles. The van der Waals surface area contributed by atoms with Crippen molar-refractivity contribution in [2.24, 2.45) is 0 Å². The first-order chi connectivity index (χ1) is 14.1. The zero-order valence-corrected chi connectivity index (χ0v) is 17.8. The average Bonchev–Trinajstić information content (AvgIpc) is 2.74. The zero-order chi connectivity index (χ0) is 20.6. The Bertz CT molecular complexity index is 813. The molecule has 1 N–H and O–H groups in total. The minimum absolute atomic E-state index is 0.00169. The summed E-state index contributed by atoms with van der Waals surface area (Å²) in [6, 6.07) is 12.3. The topological polar surface area (TPSA) is 60.0 Å². The van der Waals surface area contributed by atoms with Crippen LogP contribution in [0, 0.1) is 5.82 Å². The van der Waals surface area contributed by atoms with E-state index in [1.807, 2.05) is 24.3 Å². The van der Waals surface area contributed by atoms with Crippen LogP contribution in [0.2, 0.25) is 0 Å². The van der Waals surface area contributed by atoms with Crippen LogP contribution < -0.4 is 14.8 Å². The van der Waals surface area contributed by atoms with E-state index in [0.29, 0.717) is 24.2 Å². The van der Waals surface area contributed by atoms with Crippen molar-refractivity contribution in [1.82, 2.24) is 10.2 Å². The van der Waals surface area contributed by atoms with Gasteiger partial charge in [-0.05, 0) is 35.9 Å². The van der Waals surface area contributed by atoms with Crippen LogP contribution in [0.25, 0.3) is 0 Å². The molecule has 156 valence electrons. The molecule has 0 spiro atoms. The molecule has 0 aromatic heterocycles. The molecule has 0 saturated carbocycles. The molecule has 3 rings (SSSR count). The van der Waals surface area contributed by atoms with Crippen LogP contribution in [0.1, 0.15) is 11.6 Å². The fourth-order valence-corrected chi connectivity index (χ4v) is 3.50. The normalized spacial score (nSPS) is 15.6. The van der Waals surface area contributed by atoms with E-state index in [0.717, 1.165) is 24.4 Å². The van der Waals surface area contributed by atoms with Crippen LogP contribution in [0.5, 0.6) is 11.5 Å². The van der Waals surface area contributed by atoms with Crippen molar-refractivity contribution in [2.75, 3.05) is 46.6 Å². The molecule has 1 unspecified atom stereocenters. The van der Waals surface area contributed by atoms with Gasteiger partial charge >= 0.3 is 0 Å². The lowest BCUT2D eigenvalue weighted by Gasteiger charge is -2.35. The number of carbonyl (C=O) groups is 1. The SMILES string of the molecule is COc1ccc(C(CNC(=O)COc2ccc(Br)cc2F)N2CCOCC2)cc1. The van der Waals surface area contributed by atoms with Gasteiger partial charge in [-0.15, -0.1) is 0 Å². The van der Waals surface area contributed by atoms with E-state index < -0.39 is 5.82 Å². The molecule has 0 radical (unpaired) electrons. The first-order valence-electron chi connectivity index (χ1n) is 9.37. The highest BCUT2D eigenvalue weighted by atomic mass is 79.9. The van der Waals surface area contributed by atoms with Gasteiger partial charge in [-0.25, -0.2) is 4.39 Å². The first kappa shape index (κ1) is 21.5. The summed E-state index contributed by atoms with van der Waals surface area (Å²) in [5, 5.41) is 2.90. The van der Waals surface area contributed by atoms with Crippen molar-refractivity contribution in [3.05, 3.63) is 58.3 Å². The van der Waals surface area contributed by atoms with Gasteiger partial charge in [0, 0.05) is 24.1 Å². The molecule has 6 nitrogen and oxygen atoms in total. The van der Waals surface area contributed by atoms with Gasteiger partial charge in [0.25, 0.3) is 5.91 Å². The average molecular weight is 467 g/mol. The molecule has 2 aromatic rings. The summed E-state index contributed by atoms with van der Waals surface area (Å²) < 4.78 is 30.4. The van der Waals surface area contributed by atoms with Gasteiger partial charge in [-0.2, -0.15) is 0 Å². The van der Waals surface area contributed by atoms with Gasteiger partial charge < -0.3 is 19.5 Å². The summed E-state index contributed by atoms with van der Waals surface area (Å²) in [4.78, 5) is 14.6. The Balaban J connectivity index is 1.60. The van der Waals surface area contributed by atoms with Crippen LogP contribution in [-0.2, 0) is 9.53 Å². The first-order valence-corrected chi connectivity index (χ1v) is 10.2. The molecule has 1 aliphatic rings. The van der Waals surface area contributed by atoms with Crippen molar-refractivity contribution in [1.29, 1.82) is 0 Å². The summed E-state index contributed by atoms with van der Waals surface area (Å²) in [6.45, 7) is 3.05. The molecule has 1 saturated heterocycles. The molecular formula is C21H24BrFN2O4. The van der Waals surface area contributed by atoms with E-state index in [-0.39, 0.29) is 24.3 Å². The second kappa shape index (κ2) is 10.6. The molecule has 0 bridgehead atoms. The summed E-state index contributed by atoms with van der Waals surface area (Å²) in [5.74, 6) is 0.00219. The zero-order valence-electron chi connectivity index (χ0n) is 16.2. The van der Waals surface area contributed by atoms with Gasteiger partial charge in [0.1, 0.15) is 5.75 Å². The Morgan fingerprint density at radius 3 is 2.62 bits per heavy atom. The molecular weight excluding hydrogens is 443 g/mol. The summed E-state index contributed by atoms with van der Waals surface area (Å²) in [5.41, 5.74) is 1.08. The molecule has 1 heterocycles. The number of hydrogen-bond acceptors (Lipinski definition) is 5. The molecule has 1 atom stereocenters. The fraction of sp³-hybridized carbons (Fsp3) is 0.381. The molecule has 2 aromatic carbocycles. The maximum absolute atomic E-state index is 13.8. The van der Waals surface area contributed by atoms with Crippen molar-refractivity contribution in [3.8, 4) is 11.5 Å². The van der Waals surface area contributed by atoms with E-state index in [1.54, 1.807) is 13.2 Å². The van der Waals surface area contributed by atoms with Crippen molar-refractivity contribution in [3.63, 3.8) is 0 Å². The lowest BCUT2D eigenvalue weighted by molar-refractivity contribution is -0.123. The number of nitrogens with zero attached hydrogens (tertiary/aromatic N) is 1. The predicted molar refractivity (Wildman–Crippen MR) is 111 cm³/mol. The van der Waals surface area contributed by atoms with Crippen molar-refractivity contribution < 1.29 is 23.4 Å². The largest absolute Gasteiger partial charge is 0.497 e. The van der Waals surface area contributed by atoms with Gasteiger partial charge in [0.05, 0.1) is 26.4 Å². The van der Waals surface area contributed by atoms with Gasteiger partial charge in [0.15, 0.2) is 18.2 Å². The van der Waals surface area contributed by atoms with Crippen LogP contribution in [0.3, 0.4) is 0 Å². The standard InChI is InChI=1S/C21H24BrFN2O4/c1-27-17-5-2-15(3-6-17)19(25-8-10-28-11-9-25)13-24-21(26)14-29-20-7-4-16(22)12-18(20)23/h2-7,12,19H,8-11,13-14H2,1H3,(H,24,26). The van der Waals surface area contributed by atoms with E-state index in [4.69, 9.17) is 14.2 Å². The Labute approximate surface area is 178 Å². The third kappa shape index (κ3) is 6.16. The van der Waals surface area contributed by atoms with E-state index in [1.165, 1.54) is 12.1 Å². The number of benzene rings is 2. The highest BCUT2D eigenvalue weighted by Gasteiger charge is 2.23. The summed E-state index contributed by atoms with van der Waals surface area (Å²) in [6.07, 6.45) is 0. The van der Waals surface area contributed by atoms with E-state index >= 15 is 0 Å². The number of rotatable bonds is 8. The summed E-state index contributed by atoms with van der Waals surface area (Å²) in [7, 11) is 1.63. The Kier molecular flexibility index (Phi) is 7.85.